The van der Waals surface area contributed by atoms with Crippen LogP contribution in [0.5, 0.6) is 5.88 Å². The molecular weight excluding hydrogens is 588 g/mol. The minimum absolute atomic E-state index is 0.240. The number of pyridine rings is 1. The number of nitrogens with zero attached hydrogens (tertiary/aromatic N) is 4. The number of fused-ring (bicyclic) bond motifs is 3. The van der Waals surface area contributed by atoms with Gasteiger partial charge < -0.3 is 33.3 Å². The number of likely N-dealkylation sites (tertiary alicyclic amines) is 1. The van der Waals surface area contributed by atoms with Crippen LogP contribution >= 0.6 is 0 Å². The van der Waals surface area contributed by atoms with Crippen molar-refractivity contribution in [1.82, 2.24) is 19.7 Å². The third-order valence-electron chi connectivity index (χ3n) is 8.54. The molecule has 2 aromatic heterocycles. The number of carbonyl (C=O) groups excluding carboxylic acids is 4. The molecule has 0 spiro atoms. The summed E-state index contributed by atoms with van der Waals surface area (Å²) in [5.74, 6) is -2.64. The highest BCUT2D eigenvalue weighted by molar-refractivity contribution is 5.85. The van der Waals surface area contributed by atoms with Crippen LogP contribution in [0.4, 0.5) is 0 Å². The highest BCUT2D eigenvalue weighted by atomic mass is 16.7. The summed E-state index contributed by atoms with van der Waals surface area (Å²) in [5.41, 5.74) is 3.68. The molecule has 1 aliphatic carbocycles. The standard InChI is InChI=1S/C31H42N4O10/c1-7-13-35-14-12-19(15-35)23-22-20-10-8-9-11-21(20)29(32-28(22)34(5)33-23)45-31-27(43-18(4)38)25(42-17(3)37)24(41-16(2)36)26(44-31)30(39)40-6/h19,24-27,31H,7-15H2,1-6H3/t19-,24+,25+,26+,27-,31+/m1/s1. The van der Waals surface area contributed by atoms with E-state index in [0.29, 0.717) is 18.0 Å². The van der Waals surface area contributed by atoms with Gasteiger partial charge in [-0.25, -0.2) is 4.79 Å². The predicted octanol–water partition coefficient (Wildman–Crippen LogP) is 2.12. The van der Waals surface area contributed by atoms with Gasteiger partial charge in [0.2, 0.25) is 18.3 Å². The zero-order valence-corrected chi connectivity index (χ0v) is 26.7. The smallest absolute Gasteiger partial charge is 0.339 e. The maximum atomic E-state index is 12.9. The van der Waals surface area contributed by atoms with Crippen LogP contribution in [0.25, 0.3) is 11.0 Å². The second-order valence-electron chi connectivity index (χ2n) is 11.9. The number of hydrogen-bond donors (Lipinski definition) is 0. The van der Waals surface area contributed by atoms with Gasteiger partial charge in [-0.1, -0.05) is 6.92 Å². The van der Waals surface area contributed by atoms with E-state index in [1.165, 1.54) is 6.92 Å². The summed E-state index contributed by atoms with van der Waals surface area (Å²) in [6.45, 7) is 8.66. The van der Waals surface area contributed by atoms with Crippen LogP contribution in [-0.4, -0.2) is 101 Å². The SMILES string of the molecule is CCCN1CC[C@@H](c2nn(C)c3nc(O[C@@H]4O[C@H](C(=O)OC)[C@@H](OC(C)=O)[C@H](OC(C)=O)[C@H]4OC(C)=O)c4c(c23)CCCC4)C1. The van der Waals surface area contributed by atoms with E-state index in [4.69, 9.17) is 38.5 Å². The van der Waals surface area contributed by atoms with E-state index in [2.05, 4.69) is 11.8 Å². The molecule has 0 amide bonds. The van der Waals surface area contributed by atoms with Gasteiger partial charge in [-0.15, -0.1) is 0 Å². The fourth-order valence-electron chi connectivity index (χ4n) is 6.78. The summed E-state index contributed by atoms with van der Waals surface area (Å²) >= 11 is 0. The average molecular weight is 631 g/mol. The van der Waals surface area contributed by atoms with Crippen molar-refractivity contribution in [1.29, 1.82) is 0 Å². The Morgan fingerprint density at radius 2 is 1.58 bits per heavy atom. The molecule has 0 bridgehead atoms. The lowest BCUT2D eigenvalue weighted by Gasteiger charge is -2.43. The van der Waals surface area contributed by atoms with Crippen LogP contribution in [0.3, 0.4) is 0 Å². The second kappa shape index (κ2) is 13.7. The van der Waals surface area contributed by atoms with Crippen molar-refractivity contribution < 1.29 is 47.6 Å². The normalized spacial score (nSPS) is 26.6. The predicted molar refractivity (Wildman–Crippen MR) is 157 cm³/mol. The molecule has 2 saturated heterocycles. The minimum Gasteiger partial charge on any atom is -0.467 e. The first-order valence-corrected chi connectivity index (χ1v) is 15.5. The highest BCUT2D eigenvalue weighted by Gasteiger charge is 2.56. The first kappa shape index (κ1) is 32.6. The summed E-state index contributed by atoms with van der Waals surface area (Å²) < 4.78 is 35.5. The topological polar surface area (TPSA) is 158 Å². The summed E-state index contributed by atoms with van der Waals surface area (Å²) in [4.78, 5) is 56.8. The molecule has 2 fully saturated rings. The maximum absolute atomic E-state index is 12.9. The van der Waals surface area contributed by atoms with Crippen molar-refractivity contribution in [3.05, 3.63) is 16.8 Å². The quantitative estimate of drug-likeness (QED) is 0.293. The number of esters is 4. The van der Waals surface area contributed by atoms with Gasteiger partial charge in [0, 0.05) is 51.2 Å². The van der Waals surface area contributed by atoms with E-state index in [9.17, 15) is 19.2 Å². The number of aromatic nitrogens is 3. The van der Waals surface area contributed by atoms with E-state index < -0.39 is 54.6 Å². The molecule has 14 heteroatoms. The van der Waals surface area contributed by atoms with Gasteiger partial charge in [0.25, 0.3) is 0 Å². The molecule has 45 heavy (non-hydrogen) atoms. The third-order valence-corrected chi connectivity index (χ3v) is 8.54. The van der Waals surface area contributed by atoms with Crippen molar-refractivity contribution in [2.24, 2.45) is 7.05 Å². The fourth-order valence-corrected chi connectivity index (χ4v) is 6.78. The van der Waals surface area contributed by atoms with Gasteiger partial charge in [-0.3, -0.25) is 19.1 Å². The van der Waals surface area contributed by atoms with Crippen LogP contribution in [0, 0.1) is 0 Å². The molecule has 3 aliphatic rings. The van der Waals surface area contributed by atoms with E-state index in [1.807, 2.05) is 7.05 Å². The Bertz CT molecular complexity index is 1460. The monoisotopic (exact) mass is 630 g/mol. The van der Waals surface area contributed by atoms with Gasteiger partial charge in [0.05, 0.1) is 12.8 Å². The Hall–Kier alpha value is -3.78. The molecule has 2 aliphatic heterocycles. The van der Waals surface area contributed by atoms with E-state index in [1.54, 1.807) is 4.68 Å². The molecule has 0 N–H and O–H groups in total. The Kier molecular flexibility index (Phi) is 9.92. The number of ether oxygens (including phenoxy) is 6. The molecule has 0 saturated carbocycles. The highest BCUT2D eigenvalue weighted by Crippen LogP contribution is 2.41. The van der Waals surface area contributed by atoms with Crippen molar-refractivity contribution in [2.45, 2.75) is 103 Å². The summed E-state index contributed by atoms with van der Waals surface area (Å²) in [6.07, 6.45) is -1.87. The molecule has 0 aromatic carbocycles. The van der Waals surface area contributed by atoms with Crippen molar-refractivity contribution >= 4 is 34.9 Å². The van der Waals surface area contributed by atoms with E-state index in [0.717, 1.165) is 94.9 Å². The zero-order chi connectivity index (χ0) is 32.4. The van der Waals surface area contributed by atoms with Crippen LogP contribution in [0.15, 0.2) is 0 Å². The van der Waals surface area contributed by atoms with Crippen LogP contribution in [0.1, 0.15) is 76.1 Å². The van der Waals surface area contributed by atoms with E-state index in [-0.39, 0.29) is 5.88 Å². The molecule has 246 valence electrons. The van der Waals surface area contributed by atoms with Gasteiger partial charge in [0.15, 0.2) is 24.0 Å². The van der Waals surface area contributed by atoms with Gasteiger partial charge >= 0.3 is 23.9 Å². The summed E-state index contributed by atoms with van der Waals surface area (Å²) in [6, 6.07) is 0. The Morgan fingerprint density at radius 3 is 2.22 bits per heavy atom. The molecule has 0 unspecified atom stereocenters. The minimum atomic E-state index is -1.56. The number of methoxy groups -OCH3 is 1. The zero-order valence-electron chi connectivity index (χ0n) is 26.7. The Balaban J connectivity index is 1.58. The summed E-state index contributed by atoms with van der Waals surface area (Å²) in [7, 11) is 2.99. The number of carbonyl (C=O) groups is 4. The van der Waals surface area contributed by atoms with Crippen molar-refractivity contribution in [2.75, 3.05) is 26.7 Å². The molecule has 0 radical (unpaired) electrons. The number of rotatable bonds is 9. The first-order valence-electron chi connectivity index (χ1n) is 15.5. The molecular formula is C31H42N4O10. The first-order chi connectivity index (χ1) is 21.5. The summed E-state index contributed by atoms with van der Waals surface area (Å²) in [5, 5.41) is 5.99. The van der Waals surface area contributed by atoms with Crippen molar-refractivity contribution in [3.63, 3.8) is 0 Å². The molecule has 2 aromatic rings. The Labute approximate surface area is 261 Å². The maximum Gasteiger partial charge on any atom is 0.339 e. The molecule has 4 heterocycles. The lowest BCUT2D eigenvalue weighted by Crippen LogP contribution is -2.64. The van der Waals surface area contributed by atoms with Gasteiger partial charge in [0.1, 0.15) is 0 Å². The van der Waals surface area contributed by atoms with Crippen LogP contribution in [-0.2, 0) is 62.8 Å². The van der Waals surface area contributed by atoms with Crippen molar-refractivity contribution in [3.8, 4) is 5.88 Å². The number of aryl methyl sites for hydroxylation is 2. The fraction of sp³-hybridized carbons (Fsp3) is 0.677. The second-order valence-corrected chi connectivity index (χ2v) is 11.9. The van der Waals surface area contributed by atoms with Crippen LogP contribution < -0.4 is 4.74 Å². The molecule has 6 atom stereocenters. The Morgan fingerprint density at radius 1 is 0.933 bits per heavy atom. The lowest BCUT2D eigenvalue weighted by molar-refractivity contribution is -0.283. The molecule has 5 rings (SSSR count). The third kappa shape index (κ3) is 6.76. The van der Waals surface area contributed by atoms with Crippen LogP contribution in [0.2, 0.25) is 0 Å². The average Bonchev–Trinajstić information content (AvgIpc) is 3.59. The van der Waals surface area contributed by atoms with Gasteiger partial charge in [-0.05, 0) is 57.2 Å². The van der Waals surface area contributed by atoms with E-state index >= 15 is 0 Å². The largest absolute Gasteiger partial charge is 0.467 e. The lowest BCUT2D eigenvalue weighted by atomic mass is 9.88. The number of hydrogen-bond acceptors (Lipinski definition) is 13. The van der Waals surface area contributed by atoms with Gasteiger partial charge in [-0.2, -0.15) is 10.1 Å². The molecule has 14 nitrogen and oxygen atoms in total.